The number of hydrogen-bond acceptors (Lipinski definition) is 2. The zero-order chi connectivity index (χ0) is 12.0. The zero-order valence-corrected chi connectivity index (χ0v) is 10.3. The van der Waals surface area contributed by atoms with Crippen LogP contribution in [-0.4, -0.2) is 6.04 Å². The molecule has 2 heteroatoms. The van der Waals surface area contributed by atoms with Gasteiger partial charge in [-0.1, -0.05) is 44.2 Å². The highest BCUT2D eigenvalue weighted by atomic mass is 14.9. The molecular formula is C14H20N2. The number of hydrogen-bond donors (Lipinski definition) is 1. The Morgan fingerprint density at radius 2 is 1.81 bits per heavy atom. The van der Waals surface area contributed by atoms with E-state index in [0.29, 0.717) is 5.92 Å². The lowest BCUT2D eigenvalue weighted by Gasteiger charge is -2.19. The molecule has 1 aromatic carbocycles. The Morgan fingerprint density at radius 1 is 1.19 bits per heavy atom. The first-order valence-electron chi connectivity index (χ1n) is 5.84. The van der Waals surface area contributed by atoms with Gasteiger partial charge in [-0.3, -0.25) is 5.32 Å². The summed E-state index contributed by atoms with van der Waals surface area (Å²) in [4.78, 5) is 0. The quantitative estimate of drug-likeness (QED) is 0.820. The standard InChI is InChI=1S/C14H20N2/c1-11(2)9-14(10-15)16-12(3)13-7-5-4-6-8-13/h4-8,11-12,14,16H,9H2,1-3H3. The first kappa shape index (κ1) is 12.7. The first-order valence-corrected chi connectivity index (χ1v) is 5.84. The SMILES string of the molecule is CC(C)CC(C#N)NC(C)c1ccccc1. The molecule has 1 N–H and O–H groups in total. The third kappa shape index (κ3) is 4.04. The van der Waals surface area contributed by atoms with Crippen molar-refractivity contribution < 1.29 is 0 Å². The second kappa shape index (κ2) is 6.30. The molecule has 0 amide bonds. The van der Waals surface area contributed by atoms with E-state index in [0.717, 1.165) is 6.42 Å². The van der Waals surface area contributed by atoms with Crippen LogP contribution < -0.4 is 5.32 Å². The maximum absolute atomic E-state index is 9.06. The van der Waals surface area contributed by atoms with E-state index in [9.17, 15) is 0 Å². The van der Waals surface area contributed by atoms with E-state index in [1.54, 1.807) is 0 Å². The Bertz CT molecular complexity index is 338. The van der Waals surface area contributed by atoms with Crippen LogP contribution in [0.2, 0.25) is 0 Å². The van der Waals surface area contributed by atoms with E-state index in [4.69, 9.17) is 5.26 Å². The van der Waals surface area contributed by atoms with E-state index >= 15 is 0 Å². The van der Waals surface area contributed by atoms with E-state index in [1.807, 2.05) is 18.2 Å². The highest BCUT2D eigenvalue weighted by Gasteiger charge is 2.13. The number of rotatable bonds is 5. The Hall–Kier alpha value is -1.33. The Morgan fingerprint density at radius 3 is 2.31 bits per heavy atom. The Balaban J connectivity index is 2.56. The molecule has 0 radical (unpaired) electrons. The molecule has 0 saturated carbocycles. The molecule has 2 nitrogen and oxygen atoms in total. The third-order valence-electron chi connectivity index (χ3n) is 2.61. The van der Waals surface area contributed by atoms with Gasteiger partial charge in [-0.05, 0) is 24.8 Å². The molecule has 2 unspecified atom stereocenters. The van der Waals surface area contributed by atoms with Gasteiger partial charge in [0.1, 0.15) is 0 Å². The van der Waals surface area contributed by atoms with Crippen LogP contribution >= 0.6 is 0 Å². The molecule has 0 aliphatic carbocycles. The lowest BCUT2D eigenvalue weighted by Crippen LogP contribution is -2.31. The van der Waals surface area contributed by atoms with E-state index in [2.05, 4.69) is 44.3 Å². The second-order valence-electron chi connectivity index (χ2n) is 4.61. The highest BCUT2D eigenvalue weighted by molar-refractivity contribution is 5.18. The van der Waals surface area contributed by atoms with Gasteiger partial charge in [0.15, 0.2) is 0 Å². The second-order valence-corrected chi connectivity index (χ2v) is 4.61. The number of nitrogens with one attached hydrogen (secondary N) is 1. The molecule has 0 aliphatic heterocycles. The van der Waals surface area contributed by atoms with Crippen LogP contribution in [0.5, 0.6) is 0 Å². The normalized spacial score (nSPS) is 14.4. The van der Waals surface area contributed by atoms with Crippen LogP contribution in [0, 0.1) is 17.2 Å². The summed E-state index contributed by atoms with van der Waals surface area (Å²) in [6.07, 6.45) is 0.897. The van der Waals surface area contributed by atoms with Crippen molar-refractivity contribution in [3.8, 4) is 6.07 Å². The van der Waals surface area contributed by atoms with Crippen molar-refractivity contribution in [3.63, 3.8) is 0 Å². The van der Waals surface area contributed by atoms with Crippen molar-refractivity contribution in [1.82, 2.24) is 5.32 Å². The van der Waals surface area contributed by atoms with Gasteiger partial charge in [0.25, 0.3) is 0 Å². The fraction of sp³-hybridized carbons (Fsp3) is 0.500. The Labute approximate surface area is 98.3 Å². The average Bonchev–Trinajstić information content (AvgIpc) is 2.28. The molecule has 16 heavy (non-hydrogen) atoms. The van der Waals surface area contributed by atoms with E-state index in [-0.39, 0.29) is 12.1 Å². The van der Waals surface area contributed by atoms with Gasteiger partial charge >= 0.3 is 0 Å². The van der Waals surface area contributed by atoms with Crippen molar-refractivity contribution in [2.75, 3.05) is 0 Å². The molecule has 0 fully saturated rings. The van der Waals surface area contributed by atoms with Gasteiger partial charge in [-0.25, -0.2) is 0 Å². The van der Waals surface area contributed by atoms with Crippen molar-refractivity contribution >= 4 is 0 Å². The molecule has 0 aromatic heterocycles. The fourth-order valence-corrected chi connectivity index (χ4v) is 1.77. The van der Waals surface area contributed by atoms with Crippen LogP contribution in [0.3, 0.4) is 0 Å². The number of benzene rings is 1. The minimum absolute atomic E-state index is 0.0600. The van der Waals surface area contributed by atoms with Crippen LogP contribution in [-0.2, 0) is 0 Å². The van der Waals surface area contributed by atoms with Gasteiger partial charge in [0, 0.05) is 6.04 Å². The summed E-state index contributed by atoms with van der Waals surface area (Å²) < 4.78 is 0. The van der Waals surface area contributed by atoms with Crippen molar-refractivity contribution in [1.29, 1.82) is 5.26 Å². The molecule has 1 aromatic rings. The topological polar surface area (TPSA) is 35.8 Å². The maximum atomic E-state index is 9.06. The fourth-order valence-electron chi connectivity index (χ4n) is 1.77. The molecule has 0 aliphatic rings. The highest BCUT2D eigenvalue weighted by Crippen LogP contribution is 2.14. The summed E-state index contributed by atoms with van der Waals surface area (Å²) in [5, 5.41) is 12.4. The Kier molecular flexibility index (Phi) is 5.01. The van der Waals surface area contributed by atoms with Crippen LogP contribution in [0.15, 0.2) is 30.3 Å². The predicted molar refractivity (Wildman–Crippen MR) is 66.8 cm³/mol. The summed E-state index contributed by atoms with van der Waals surface area (Å²) in [5.74, 6) is 0.542. The van der Waals surface area contributed by atoms with Crippen molar-refractivity contribution in [2.45, 2.75) is 39.3 Å². The minimum atomic E-state index is -0.0600. The summed E-state index contributed by atoms with van der Waals surface area (Å²) in [6.45, 7) is 6.37. The van der Waals surface area contributed by atoms with Gasteiger partial charge < -0.3 is 0 Å². The van der Waals surface area contributed by atoms with Gasteiger partial charge in [-0.15, -0.1) is 0 Å². The van der Waals surface area contributed by atoms with Crippen molar-refractivity contribution in [3.05, 3.63) is 35.9 Å². The molecule has 86 valence electrons. The van der Waals surface area contributed by atoms with Gasteiger partial charge in [-0.2, -0.15) is 5.26 Å². The smallest absolute Gasteiger partial charge is 0.0960 e. The molecule has 0 bridgehead atoms. The average molecular weight is 216 g/mol. The summed E-state index contributed by atoms with van der Waals surface area (Å²) >= 11 is 0. The van der Waals surface area contributed by atoms with E-state index in [1.165, 1.54) is 5.56 Å². The number of nitrogens with zero attached hydrogens (tertiary/aromatic N) is 1. The number of nitriles is 1. The monoisotopic (exact) mass is 216 g/mol. The van der Waals surface area contributed by atoms with Crippen LogP contribution in [0.4, 0.5) is 0 Å². The molecule has 1 rings (SSSR count). The summed E-state index contributed by atoms with van der Waals surface area (Å²) in [5.41, 5.74) is 1.23. The largest absolute Gasteiger partial charge is 0.295 e. The predicted octanol–water partition coefficient (Wildman–Crippen LogP) is 3.28. The molecular weight excluding hydrogens is 196 g/mol. The van der Waals surface area contributed by atoms with Crippen LogP contribution in [0.25, 0.3) is 0 Å². The van der Waals surface area contributed by atoms with E-state index < -0.39 is 0 Å². The molecule has 0 saturated heterocycles. The molecule has 0 spiro atoms. The minimum Gasteiger partial charge on any atom is -0.295 e. The third-order valence-corrected chi connectivity index (χ3v) is 2.61. The summed E-state index contributed by atoms with van der Waals surface area (Å²) in [7, 11) is 0. The zero-order valence-electron chi connectivity index (χ0n) is 10.3. The lowest BCUT2D eigenvalue weighted by molar-refractivity contribution is 0.441. The van der Waals surface area contributed by atoms with Gasteiger partial charge in [0.2, 0.25) is 0 Å². The van der Waals surface area contributed by atoms with Crippen molar-refractivity contribution in [2.24, 2.45) is 5.92 Å². The first-order chi connectivity index (χ1) is 7.63. The van der Waals surface area contributed by atoms with Gasteiger partial charge in [0.05, 0.1) is 12.1 Å². The lowest BCUT2D eigenvalue weighted by atomic mass is 10.0. The molecule has 0 heterocycles. The summed E-state index contributed by atoms with van der Waals surface area (Å²) in [6, 6.07) is 12.7. The molecule has 2 atom stereocenters. The van der Waals surface area contributed by atoms with Crippen LogP contribution in [0.1, 0.15) is 38.8 Å². The maximum Gasteiger partial charge on any atom is 0.0960 e.